The van der Waals surface area contributed by atoms with Gasteiger partial charge in [0.1, 0.15) is 0 Å². The minimum atomic E-state index is 0.192. The number of rotatable bonds is 0. The minimum absolute atomic E-state index is 0.192. The summed E-state index contributed by atoms with van der Waals surface area (Å²) in [7, 11) is 0. The first-order chi connectivity index (χ1) is 7.68. The molecule has 0 spiro atoms. The molecule has 0 aliphatic heterocycles. The quantitative estimate of drug-likeness (QED) is 0.646. The van der Waals surface area contributed by atoms with Crippen molar-refractivity contribution in [2.24, 2.45) is 0 Å². The molecular weight excluding hydrogens is 194 g/mol. The lowest BCUT2D eigenvalue weighted by Gasteiger charge is -2.33. The van der Waals surface area contributed by atoms with Gasteiger partial charge in [-0.2, -0.15) is 0 Å². The molecule has 0 saturated carbocycles. The smallest absolute Gasteiger partial charge is 0.0490 e. The molecule has 1 aromatic heterocycles. The summed E-state index contributed by atoms with van der Waals surface area (Å²) in [5.74, 6) is 0. The second kappa shape index (κ2) is 3.18. The maximum Gasteiger partial charge on any atom is 0.0490 e. The molecule has 1 aliphatic carbocycles. The molecule has 16 heavy (non-hydrogen) atoms. The highest BCUT2D eigenvalue weighted by molar-refractivity contribution is 5.73. The summed E-state index contributed by atoms with van der Waals surface area (Å²) in [4.78, 5) is 4.51. The summed E-state index contributed by atoms with van der Waals surface area (Å²) in [6.07, 6.45) is 2.92. The molecule has 0 fully saturated rings. The van der Waals surface area contributed by atoms with Gasteiger partial charge in [-0.3, -0.25) is 4.98 Å². The Balaban J connectivity index is 2.33. The van der Waals surface area contributed by atoms with E-state index in [0.717, 1.165) is 6.42 Å². The third-order valence-electron chi connectivity index (χ3n) is 3.45. The normalized spacial score (nSPS) is 16.4. The second-order valence-corrected chi connectivity index (χ2v) is 5.10. The maximum atomic E-state index is 4.51. The van der Waals surface area contributed by atoms with Crippen LogP contribution in [-0.2, 0) is 11.8 Å². The van der Waals surface area contributed by atoms with Crippen LogP contribution in [0.3, 0.4) is 0 Å². The SMILES string of the molecule is CC1(C)Cc2ncccc2-c2ccccc21. The molecule has 1 heteroatoms. The number of hydrogen-bond acceptors (Lipinski definition) is 1. The van der Waals surface area contributed by atoms with Crippen molar-refractivity contribution in [3.05, 3.63) is 53.9 Å². The lowest BCUT2D eigenvalue weighted by atomic mass is 9.72. The highest BCUT2D eigenvalue weighted by Gasteiger charge is 2.30. The van der Waals surface area contributed by atoms with Gasteiger partial charge in [-0.15, -0.1) is 0 Å². The van der Waals surface area contributed by atoms with Gasteiger partial charge in [0.05, 0.1) is 0 Å². The van der Waals surface area contributed by atoms with Crippen LogP contribution in [0, 0.1) is 0 Å². The first kappa shape index (κ1) is 9.59. The van der Waals surface area contributed by atoms with Crippen LogP contribution < -0.4 is 0 Å². The third kappa shape index (κ3) is 1.28. The van der Waals surface area contributed by atoms with E-state index in [-0.39, 0.29) is 5.41 Å². The predicted octanol–water partition coefficient (Wildman–Crippen LogP) is 3.58. The van der Waals surface area contributed by atoms with Crippen molar-refractivity contribution in [2.75, 3.05) is 0 Å². The van der Waals surface area contributed by atoms with E-state index in [0.29, 0.717) is 0 Å². The standard InChI is InChI=1S/C15H15N/c1-15(2)10-14-12(7-5-9-16-14)11-6-3-4-8-13(11)15/h3-9H,10H2,1-2H3. The van der Waals surface area contributed by atoms with Crippen molar-refractivity contribution in [1.82, 2.24) is 4.98 Å². The molecule has 0 unspecified atom stereocenters. The summed E-state index contributed by atoms with van der Waals surface area (Å²) in [6.45, 7) is 4.59. The van der Waals surface area contributed by atoms with E-state index < -0.39 is 0 Å². The third-order valence-corrected chi connectivity index (χ3v) is 3.45. The van der Waals surface area contributed by atoms with Crippen molar-refractivity contribution in [2.45, 2.75) is 25.7 Å². The maximum absolute atomic E-state index is 4.51. The van der Waals surface area contributed by atoms with Crippen LogP contribution in [0.25, 0.3) is 11.1 Å². The molecule has 1 nitrogen and oxygen atoms in total. The first-order valence-electron chi connectivity index (χ1n) is 5.72. The number of pyridine rings is 1. The summed E-state index contributed by atoms with van der Waals surface area (Å²) in [5.41, 5.74) is 5.51. The molecule has 0 bridgehead atoms. The fourth-order valence-electron chi connectivity index (χ4n) is 2.65. The van der Waals surface area contributed by atoms with Crippen LogP contribution in [-0.4, -0.2) is 4.98 Å². The Kier molecular flexibility index (Phi) is 1.90. The van der Waals surface area contributed by atoms with Crippen LogP contribution in [0.5, 0.6) is 0 Å². The molecule has 0 amide bonds. The Morgan fingerprint density at radius 1 is 1.00 bits per heavy atom. The van der Waals surface area contributed by atoms with Gasteiger partial charge in [0.25, 0.3) is 0 Å². The largest absolute Gasteiger partial charge is 0.261 e. The fourth-order valence-corrected chi connectivity index (χ4v) is 2.65. The van der Waals surface area contributed by atoms with Gasteiger partial charge in [0, 0.05) is 17.5 Å². The number of aromatic nitrogens is 1. The van der Waals surface area contributed by atoms with Crippen molar-refractivity contribution < 1.29 is 0 Å². The summed E-state index contributed by atoms with van der Waals surface area (Å²) in [6, 6.07) is 12.9. The molecule has 0 radical (unpaired) electrons. The molecule has 1 heterocycles. The minimum Gasteiger partial charge on any atom is -0.261 e. The lowest BCUT2D eigenvalue weighted by molar-refractivity contribution is 0.509. The molecule has 80 valence electrons. The fraction of sp³-hybridized carbons (Fsp3) is 0.267. The van der Waals surface area contributed by atoms with Gasteiger partial charge in [0.15, 0.2) is 0 Å². The lowest BCUT2D eigenvalue weighted by Crippen LogP contribution is -2.26. The van der Waals surface area contributed by atoms with Gasteiger partial charge < -0.3 is 0 Å². The van der Waals surface area contributed by atoms with E-state index in [1.54, 1.807) is 0 Å². The first-order valence-corrected chi connectivity index (χ1v) is 5.72. The summed E-state index contributed by atoms with van der Waals surface area (Å²) >= 11 is 0. The molecular formula is C15H15N. The Morgan fingerprint density at radius 2 is 1.75 bits per heavy atom. The second-order valence-electron chi connectivity index (χ2n) is 5.10. The zero-order chi connectivity index (χ0) is 11.2. The van der Waals surface area contributed by atoms with Gasteiger partial charge in [0.2, 0.25) is 0 Å². The van der Waals surface area contributed by atoms with Crippen LogP contribution in [0.1, 0.15) is 25.1 Å². The molecule has 3 rings (SSSR count). The predicted molar refractivity (Wildman–Crippen MR) is 66.4 cm³/mol. The molecule has 2 aromatic rings. The van der Waals surface area contributed by atoms with E-state index in [1.807, 2.05) is 12.3 Å². The van der Waals surface area contributed by atoms with Crippen LogP contribution >= 0.6 is 0 Å². The zero-order valence-electron chi connectivity index (χ0n) is 9.70. The van der Waals surface area contributed by atoms with E-state index >= 15 is 0 Å². The molecule has 1 aliphatic rings. The molecule has 1 aromatic carbocycles. The van der Waals surface area contributed by atoms with E-state index in [4.69, 9.17) is 0 Å². The zero-order valence-corrected chi connectivity index (χ0v) is 9.70. The monoisotopic (exact) mass is 209 g/mol. The van der Waals surface area contributed by atoms with Crippen LogP contribution in [0.4, 0.5) is 0 Å². The Morgan fingerprint density at radius 3 is 2.62 bits per heavy atom. The highest BCUT2D eigenvalue weighted by atomic mass is 14.7. The topological polar surface area (TPSA) is 12.9 Å². The van der Waals surface area contributed by atoms with Crippen molar-refractivity contribution >= 4 is 0 Å². The molecule has 0 N–H and O–H groups in total. The summed E-state index contributed by atoms with van der Waals surface area (Å²) in [5, 5.41) is 0. The Labute approximate surface area is 96.2 Å². The number of nitrogens with zero attached hydrogens (tertiary/aromatic N) is 1. The van der Waals surface area contributed by atoms with Gasteiger partial charge in [-0.25, -0.2) is 0 Å². The highest BCUT2D eigenvalue weighted by Crippen LogP contribution is 2.41. The molecule has 0 saturated heterocycles. The number of benzene rings is 1. The Hall–Kier alpha value is -1.63. The van der Waals surface area contributed by atoms with E-state index in [1.165, 1.54) is 22.4 Å². The van der Waals surface area contributed by atoms with E-state index in [2.05, 4.69) is 49.2 Å². The van der Waals surface area contributed by atoms with Crippen molar-refractivity contribution in [3.63, 3.8) is 0 Å². The van der Waals surface area contributed by atoms with Crippen molar-refractivity contribution in [3.8, 4) is 11.1 Å². The van der Waals surface area contributed by atoms with Crippen LogP contribution in [0.15, 0.2) is 42.6 Å². The van der Waals surface area contributed by atoms with Gasteiger partial charge >= 0.3 is 0 Å². The van der Waals surface area contributed by atoms with Crippen molar-refractivity contribution in [1.29, 1.82) is 0 Å². The average molecular weight is 209 g/mol. The number of fused-ring (bicyclic) bond motifs is 3. The van der Waals surface area contributed by atoms with Gasteiger partial charge in [-0.1, -0.05) is 44.2 Å². The van der Waals surface area contributed by atoms with E-state index in [9.17, 15) is 0 Å². The van der Waals surface area contributed by atoms with Gasteiger partial charge in [-0.05, 0) is 29.0 Å². The Bertz CT molecular complexity index is 541. The number of hydrogen-bond donors (Lipinski definition) is 0. The summed E-state index contributed by atoms with van der Waals surface area (Å²) < 4.78 is 0. The average Bonchev–Trinajstić information content (AvgIpc) is 2.29. The molecule has 0 atom stereocenters. The van der Waals surface area contributed by atoms with Crippen LogP contribution in [0.2, 0.25) is 0 Å².